The zero-order chi connectivity index (χ0) is 14.8. The minimum Gasteiger partial charge on any atom is -0.490 e. The number of carbonyl (C=O) groups is 1. The van der Waals surface area contributed by atoms with Crippen molar-refractivity contribution in [2.24, 2.45) is 5.41 Å². The summed E-state index contributed by atoms with van der Waals surface area (Å²) in [5.74, 6) is 0.861. The Morgan fingerprint density at radius 2 is 2.15 bits per heavy atom. The standard InChI is InChI=1S/C15H23N3O2/c1-15(2,3)10-16-14(19)17-11-5-6-13-12(9-11)18(4)7-8-20-13/h5-6,9H,7-8,10H2,1-4H3,(H2,16,17,19). The van der Waals surface area contributed by atoms with Gasteiger partial charge in [-0.25, -0.2) is 4.79 Å². The van der Waals surface area contributed by atoms with E-state index in [0.717, 1.165) is 23.7 Å². The summed E-state index contributed by atoms with van der Waals surface area (Å²) in [7, 11) is 2.02. The molecule has 1 aromatic carbocycles. The fourth-order valence-corrected chi connectivity index (χ4v) is 1.95. The summed E-state index contributed by atoms with van der Waals surface area (Å²) in [5, 5.41) is 5.72. The van der Waals surface area contributed by atoms with Crippen LogP contribution in [0.2, 0.25) is 0 Å². The van der Waals surface area contributed by atoms with Crippen molar-refractivity contribution in [1.29, 1.82) is 0 Å². The van der Waals surface area contributed by atoms with E-state index in [-0.39, 0.29) is 11.4 Å². The Hall–Kier alpha value is -1.91. The van der Waals surface area contributed by atoms with Crippen LogP contribution in [0.3, 0.4) is 0 Å². The molecule has 2 N–H and O–H groups in total. The van der Waals surface area contributed by atoms with Gasteiger partial charge in [-0.1, -0.05) is 20.8 Å². The van der Waals surface area contributed by atoms with E-state index in [2.05, 4.69) is 36.3 Å². The first-order chi connectivity index (χ1) is 9.35. The number of rotatable bonds is 2. The van der Waals surface area contributed by atoms with Gasteiger partial charge < -0.3 is 20.3 Å². The molecule has 0 atom stereocenters. The molecule has 0 radical (unpaired) electrons. The third-order valence-electron chi connectivity index (χ3n) is 3.09. The number of hydrogen-bond acceptors (Lipinski definition) is 3. The fourth-order valence-electron chi connectivity index (χ4n) is 1.95. The molecule has 1 aliphatic heterocycles. The number of nitrogens with one attached hydrogen (secondary N) is 2. The molecule has 1 heterocycles. The number of ether oxygens (including phenoxy) is 1. The van der Waals surface area contributed by atoms with E-state index in [9.17, 15) is 4.79 Å². The van der Waals surface area contributed by atoms with Gasteiger partial charge in [0, 0.05) is 19.3 Å². The van der Waals surface area contributed by atoms with Gasteiger partial charge >= 0.3 is 6.03 Å². The van der Waals surface area contributed by atoms with Crippen LogP contribution in [-0.4, -0.2) is 32.8 Å². The maximum atomic E-state index is 11.8. The molecule has 110 valence electrons. The van der Waals surface area contributed by atoms with E-state index in [4.69, 9.17) is 4.74 Å². The van der Waals surface area contributed by atoms with Gasteiger partial charge in [-0.05, 0) is 23.6 Å². The van der Waals surface area contributed by atoms with Crippen molar-refractivity contribution < 1.29 is 9.53 Å². The number of urea groups is 1. The quantitative estimate of drug-likeness (QED) is 0.874. The highest BCUT2D eigenvalue weighted by Crippen LogP contribution is 2.33. The fraction of sp³-hybridized carbons (Fsp3) is 0.533. The van der Waals surface area contributed by atoms with Gasteiger partial charge in [0.1, 0.15) is 12.4 Å². The van der Waals surface area contributed by atoms with Crippen molar-refractivity contribution in [2.45, 2.75) is 20.8 Å². The number of benzene rings is 1. The predicted octanol–water partition coefficient (Wildman–Crippen LogP) is 2.68. The van der Waals surface area contributed by atoms with Gasteiger partial charge in [0.25, 0.3) is 0 Å². The Labute approximate surface area is 120 Å². The first kappa shape index (κ1) is 14.5. The molecule has 0 saturated carbocycles. The van der Waals surface area contributed by atoms with Gasteiger partial charge in [-0.3, -0.25) is 0 Å². The second-order valence-corrected chi connectivity index (χ2v) is 6.32. The number of anilines is 2. The van der Waals surface area contributed by atoms with Crippen LogP contribution >= 0.6 is 0 Å². The molecule has 0 spiro atoms. The minimum atomic E-state index is -0.181. The average Bonchev–Trinajstić information content (AvgIpc) is 2.37. The molecule has 0 fully saturated rings. The van der Waals surface area contributed by atoms with E-state index < -0.39 is 0 Å². The first-order valence-electron chi connectivity index (χ1n) is 6.88. The van der Waals surface area contributed by atoms with Crippen molar-refractivity contribution in [2.75, 3.05) is 37.0 Å². The second-order valence-electron chi connectivity index (χ2n) is 6.32. The summed E-state index contributed by atoms with van der Waals surface area (Å²) in [5.41, 5.74) is 1.85. The lowest BCUT2D eigenvalue weighted by atomic mass is 9.97. The maximum absolute atomic E-state index is 11.8. The number of fused-ring (bicyclic) bond motifs is 1. The van der Waals surface area contributed by atoms with Crippen LogP contribution in [0.1, 0.15) is 20.8 Å². The molecule has 0 aliphatic carbocycles. The van der Waals surface area contributed by atoms with E-state index in [1.165, 1.54) is 0 Å². The molecule has 2 rings (SSSR count). The molecule has 2 amide bonds. The van der Waals surface area contributed by atoms with Crippen molar-refractivity contribution in [3.63, 3.8) is 0 Å². The lowest BCUT2D eigenvalue weighted by molar-refractivity contribution is 0.247. The smallest absolute Gasteiger partial charge is 0.319 e. The zero-order valence-electron chi connectivity index (χ0n) is 12.6. The third-order valence-corrected chi connectivity index (χ3v) is 3.09. The van der Waals surface area contributed by atoms with Crippen LogP contribution in [0.4, 0.5) is 16.2 Å². The summed E-state index contributed by atoms with van der Waals surface area (Å²) in [6.07, 6.45) is 0. The summed E-state index contributed by atoms with van der Waals surface area (Å²) < 4.78 is 5.58. The number of likely N-dealkylation sites (N-methyl/N-ethyl adjacent to an activating group) is 1. The van der Waals surface area contributed by atoms with Crippen LogP contribution in [0, 0.1) is 5.41 Å². The molecule has 20 heavy (non-hydrogen) atoms. The largest absolute Gasteiger partial charge is 0.490 e. The normalized spacial score (nSPS) is 14.3. The molecule has 5 heteroatoms. The Bertz CT molecular complexity index is 494. The van der Waals surface area contributed by atoms with E-state index >= 15 is 0 Å². The monoisotopic (exact) mass is 277 g/mol. The molecule has 5 nitrogen and oxygen atoms in total. The summed E-state index contributed by atoms with van der Waals surface area (Å²) in [4.78, 5) is 14.0. The number of nitrogens with zero attached hydrogens (tertiary/aromatic N) is 1. The summed E-state index contributed by atoms with van der Waals surface area (Å²) in [6, 6.07) is 5.50. The zero-order valence-corrected chi connectivity index (χ0v) is 12.6. The van der Waals surface area contributed by atoms with E-state index in [1.807, 2.05) is 25.2 Å². The Morgan fingerprint density at radius 1 is 1.40 bits per heavy atom. The summed E-state index contributed by atoms with van der Waals surface area (Å²) in [6.45, 7) is 8.43. The van der Waals surface area contributed by atoms with Crippen molar-refractivity contribution in [3.8, 4) is 5.75 Å². The van der Waals surface area contributed by atoms with E-state index in [1.54, 1.807) is 0 Å². The SMILES string of the molecule is CN1CCOc2ccc(NC(=O)NCC(C)(C)C)cc21. The van der Waals surface area contributed by atoms with Crippen molar-refractivity contribution in [3.05, 3.63) is 18.2 Å². The highest BCUT2D eigenvalue weighted by atomic mass is 16.5. The summed E-state index contributed by atoms with van der Waals surface area (Å²) >= 11 is 0. The Balaban J connectivity index is 2.00. The van der Waals surface area contributed by atoms with Crippen LogP contribution in [0.25, 0.3) is 0 Å². The van der Waals surface area contributed by atoms with Crippen LogP contribution in [-0.2, 0) is 0 Å². The molecule has 1 aromatic rings. The molecule has 1 aliphatic rings. The highest BCUT2D eigenvalue weighted by molar-refractivity contribution is 5.90. The second kappa shape index (κ2) is 5.61. The Kier molecular flexibility index (Phi) is 4.06. The molecule has 0 unspecified atom stereocenters. The third kappa shape index (κ3) is 3.79. The number of amides is 2. The van der Waals surface area contributed by atoms with Crippen LogP contribution < -0.4 is 20.3 Å². The topological polar surface area (TPSA) is 53.6 Å². The van der Waals surface area contributed by atoms with Gasteiger partial charge in [-0.15, -0.1) is 0 Å². The Morgan fingerprint density at radius 3 is 2.85 bits per heavy atom. The lowest BCUT2D eigenvalue weighted by Gasteiger charge is -2.28. The number of carbonyl (C=O) groups excluding carboxylic acids is 1. The van der Waals surface area contributed by atoms with Crippen molar-refractivity contribution >= 4 is 17.4 Å². The average molecular weight is 277 g/mol. The predicted molar refractivity (Wildman–Crippen MR) is 81.7 cm³/mol. The van der Waals surface area contributed by atoms with Gasteiger partial charge in [0.05, 0.1) is 12.2 Å². The first-order valence-corrected chi connectivity index (χ1v) is 6.88. The molecule has 0 bridgehead atoms. The number of hydrogen-bond donors (Lipinski definition) is 2. The van der Waals surface area contributed by atoms with Gasteiger partial charge in [-0.2, -0.15) is 0 Å². The highest BCUT2D eigenvalue weighted by Gasteiger charge is 2.16. The maximum Gasteiger partial charge on any atom is 0.319 e. The minimum absolute atomic E-state index is 0.0707. The van der Waals surface area contributed by atoms with Gasteiger partial charge in [0.15, 0.2) is 0 Å². The van der Waals surface area contributed by atoms with E-state index in [0.29, 0.717) is 13.2 Å². The van der Waals surface area contributed by atoms with Gasteiger partial charge in [0.2, 0.25) is 0 Å². The molecule has 0 saturated heterocycles. The molecular formula is C15H23N3O2. The molecular weight excluding hydrogens is 254 g/mol. The van der Waals surface area contributed by atoms with Crippen LogP contribution in [0.5, 0.6) is 5.75 Å². The molecule has 0 aromatic heterocycles. The lowest BCUT2D eigenvalue weighted by Crippen LogP contribution is -2.35. The van der Waals surface area contributed by atoms with Crippen LogP contribution in [0.15, 0.2) is 18.2 Å². The van der Waals surface area contributed by atoms with Crippen molar-refractivity contribution in [1.82, 2.24) is 5.32 Å².